The lowest BCUT2D eigenvalue weighted by Gasteiger charge is -2.05. The molecule has 0 bridgehead atoms. The van der Waals surface area contributed by atoms with E-state index in [0.717, 1.165) is 0 Å². The van der Waals surface area contributed by atoms with E-state index in [4.69, 9.17) is 0 Å². The molecule has 0 heterocycles. The van der Waals surface area contributed by atoms with E-state index in [1.807, 2.05) is 0 Å². The van der Waals surface area contributed by atoms with Gasteiger partial charge in [-0.05, 0) is 13.8 Å². The first-order valence-electron chi connectivity index (χ1n) is 3.62. The molecule has 0 saturated heterocycles. The minimum atomic E-state index is -2.06. The fourth-order valence-electron chi connectivity index (χ4n) is 0.532. The van der Waals surface area contributed by atoms with E-state index in [1.54, 1.807) is 13.8 Å². The second-order valence-electron chi connectivity index (χ2n) is 1.88. The third-order valence-corrected chi connectivity index (χ3v) is 1.00. The molecule has 5 nitrogen and oxygen atoms in total. The first kappa shape index (κ1) is 10.9. The molecule has 0 amide bonds. The van der Waals surface area contributed by atoms with Crippen LogP contribution in [0, 0.1) is 0 Å². The fourth-order valence-corrected chi connectivity index (χ4v) is 0.532. The Balaban J connectivity index is 3.91. The normalized spacial score (nSPS) is 9.67. The highest BCUT2D eigenvalue weighted by Crippen LogP contribution is 1.93. The molecule has 0 aliphatic carbocycles. The zero-order valence-corrected chi connectivity index (χ0v) is 7.03. The van der Waals surface area contributed by atoms with E-state index in [2.05, 4.69) is 9.47 Å². The van der Waals surface area contributed by atoms with Crippen LogP contribution < -0.4 is 0 Å². The monoisotopic (exact) mass is 175 g/mol. The topological polar surface area (TPSA) is 72.5 Å². The summed E-state index contributed by atoms with van der Waals surface area (Å²) in [5, 5.41) is 10.8. The Morgan fingerprint density at radius 3 is 1.67 bits per heavy atom. The molecular formula is C7H11O5. The van der Waals surface area contributed by atoms with Gasteiger partial charge in [-0.3, -0.25) is 0 Å². The summed E-state index contributed by atoms with van der Waals surface area (Å²) in [5.74, 6) is -2.17. The number of carbonyl (C=O) groups excluding carboxylic acids is 2. The largest absolute Gasteiger partial charge is 0.464 e. The lowest BCUT2D eigenvalue weighted by Crippen LogP contribution is -2.32. The molecule has 0 fully saturated rings. The van der Waals surface area contributed by atoms with Crippen LogP contribution in [0.25, 0.3) is 0 Å². The van der Waals surface area contributed by atoms with Crippen molar-refractivity contribution in [1.82, 2.24) is 0 Å². The summed E-state index contributed by atoms with van der Waals surface area (Å²) in [7, 11) is 0. The highest BCUT2D eigenvalue weighted by molar-refractivity contribution is 5.97. The molecule has 0 saturated carbocycles. The Hall–Kier alpha value is -1.10. The highest BCUT2D eigenvalue weighted by atomic mass is 16.6. The summed E-state index contributed by atoms with van der Waals surface area (Å²) in [5.41, 5.74) is 0. The van der Waals surface area contributed by atoms with Crippen molar-refractivity contribution in [2.75, 3.05) is 13.2 Å². The van der Waals surface area contributed by atoms with Crippen molar-refractivity contribution in [3.05, 3.63) is 0 Å². The quantitative estimate of drug-likeness (QED) is 0.442. The third kappa shape index (κ3) is 3.34. The second kappa shape index (κ2) is 5.54. The summed E-state index contributed by atoms with van der Waals surface area (Å²) in [6, 6.07) is 0. The van der Waals surface area contributed by atoms with Crippen molar-refractivity contribution in [3.8, 4) is 0 Å². The van der Waals surface area contributed by atoms with E-state index >= 15 is 0 Å². The van der Waals surface area contributed by atoms with Gasteiger partial charge in [0.15, 0.2) is 0 Å². The average molecular weight is 175 g/mol. The smallest absolute Gasteiger partial charge is 0.350 e. The zero-order chi connectivity index (χ0) is 9.56. The van der Waals surface area contributed by atoms with Crippen LogP contribution >= 0.6 is 0 Å². The molecule has 0 atom stereocenters. The van der Waals surface area contributed by atoms with Crippen molar-refractivity contribution < 1.29 is 24.2 Å². The fraction of sp³-hybridized carbons (Fsp3) is 0.714. The maximum Gasteiger partial charge on any atom is 0.350 e. The van der Waals surface area contributed by atoms with Crippen molar-refractivity contribution >= 4 is 11.9 Å². The van der Waals surface area contributed by atoms with E-state index in [0.29, 0.717) is 0 Å². The molecule has 0 aromatic carbocycles. The average Bonchev–Trinajstić information content (AvgIpc) is 2.04. The third-order valence-electron chi connectivity index (χ3n) is 1.00. The van der Waals surface area contributed by atoms with Gasteiger partial charge in [-0.2, -0.15) is 0 Å². The molecule has 1 radical (unpaired) electrons. The molecule has 12 heavy (non-hydrogen) atoms. The van der Waals surface area contributed by atoms with Crippen molar-refractivity contribution in [2.24, 2.45) is 0 Å². The van der Waals surface area contributed by atoms with E-state index in [9.17, 15) is 14.7 Å². The predicted octanol–water partition coefficient (Wildman–Crippen LogP) is -0.0883. The van der Waals surface area contributed by atoms with Crippen LogP contribution in [0.15, 0.2) is 0 Å². The molecule has 0 spiro atoms. The van der Waals surface area contributed by atoms with Crippen molar-refractivity contribution in [3.63, 3.8) is 0 Å². The molecule has 5 heteroatoms. The lowest BCUT2D eigenvalue weighted by atomic mass is 10.4. The summed E-state index contributed by atoms with van der Waals surface area (Å²) >= 11 is 0. The molecule has 0 aromatic heterocycles. The Labute approximate surface area is 70.3 Å². The molecule has 0 unspecified atom stereocenters. The first-order chi connectivity index (χ1) is 5.63. The molecule has 69 valence electrons. The van der Waals surface area contributed by atoms with Gasteiger partial charge < -0.3 is 9.47 Å². The van der Waals surface area contributed by atoms with Crippen LogP contribution in [-0.2, 0) is 24.2 Å². The number of rotatable bonds is 4. The van der Waals surface area contributed by atoms with Gasteiger partial charge in [-0.15, -0.1) is 0 Å². The number of hydrogen-bond acceptors (Lipinski definition) is 4. The molecule has 0 aromatic rings. The van der Waals surface area contributed by atoms with Gasteiger partial charge in [0.1, 0.15) is 0 Å². The number of esters is 2. The summed E-state index contributed by atoms with van der Waals surface area (Å²) in [4.78, 5) is 21.2. The number of hydrogen-bond donors (Lipinski definition) is 0. The van der Waals surface area contributed by atoms with Crippen LogP contribution in [0.5, 0.6) is 0 Å². The van der Waals surface area contributed by atoms with E-state index in [-0.39, 0.29) is 13.2 Å². The predicted molar refractivity (Wildman–Crippen MR) is 37.7 cm³/mol. The van der Waals surface area contributed by atoms with Crippen LogP contribution in [0.3, 0.4) is 0 Å². The summed E-state index contributed by atoms with van der Waals surface area (Å²) in [6.45, 7) is 3.26. The maximum absolute atomic E-state index is 10.8. The van der Waals surface area contributed by atoms with Gasteiger partial charge in [0, 0.05) is 0 Å². The summed E-state index contributed by atoms with van der Waals surface area (Å²) < 4.78 is 8.64. The van der Waals surface area contributed by atoms with Crippen molar-refractivity contribution in [2.45, 2.75) is 20.0 Å². The highest BCUT2D eigenvalue weighted by Gasteiger charge is 2.28. The van der Waals surface area contributed by atoms with Crippen LogP contribution in [-0.4, -0.2) is 31.3 Å². The number of ether oxygens (including phenoxy) is 2. The van der Waals surface area contributed by atoms with Crippen molar-refractivity contribution in [1.29, 1.82) is 0 Å². The van der Waals surface area contributed by atoms with Gasteiger partial charge in [-0.1, -0.05) is 0 Å². The van der Waals surface area contributed by atoms with E-state index < -0.39 is 18.0 Å². The molecule has 0 N–H and O–H groups in total. The van der Waals surface area contributed by atoms with Gasteiger partial charge in [0.05, 0.1) is 13.2 Å². The maximum atomic E-state index is 10.8. The Bertz CT molecular complexity index is 147. The van der Waals surface area contributed by atoms with E-state index in [1.165, 1.54) is 0 Å². The molecule has 0 rings (SSSR count). The Morgan fingerprint density at radius 1 is 1.08 bits per heavy atom. The zero-order valence-electron chi connectivity index (χ0n) is 7.03. The van der Waals surface area contributed by atoms with Crippen LogP contribution in [0.4, 0.5) is 0 Å². The number of carbonyl (C=O) groups is 2. The van der Waals surface area contributed by atoms with Crippen LogP contribution in [0.1, 0.15) is 13.8 Å². The Kier molecular flexibility index (Phi) is 5.03. The second-order valence-corrected chi connectivity index (χ2v) is 1.88. The molecule has 0 aliphatic rings. The standard InChI is InChI=1S/C7H11O5/c1-3-11-6(9)5(8)7(10)12-4-2/h5H,3-4H2,1-2H3. The minimum Gasteiger partial charge on any atom is -0.464 e. The van der Waals surface area contributed by atoms with Gasteiger partial charge >= 0.3 is 11.9 Å². The Morgan fingerprint density at radius 2 is 1.42 bits per heavy atom. The SMILES string of the molecule is CCOC(=O)C([O])C(=O)OCC. The summed E-state index contributed by atoms with van der Waals surface area (Å²) in [6.07, 6.45) is -2.06. The molecular weight excluding hydrogens is 164 g/mol. The van der Waals surface area contributed by atoms with Gasteiger partial charge in [0.2, 0.25) is 0 Å². The molecule has 0 aliphatic heterocycles. The van der Waals surface area contributed by atoms with Crippen LogP contribution in [0.2, 0.25) is 0 Å². The van der Waals surface area contributed by atoms with Gasteiger partial charge in [-0.25, -0.2) is 14.7 Å². The minimum absolute atomic E-state index is 0.0803. The van der Waals surface area contributed by atoms with Gasteiger partial charge in [0.25, 0.3) is 6.10 Å². The first-order valence-corrected chi connectivity index (χ1v) is 3.62. The lowest BCUT2D eigenvalue weighted by molar-refractivity contribution is -0.172.